The molecule has 0 spiro atoms. The molecule has 16 heteroatoms. The predicted octanol–water partition coefficient (Wildman–Crippen LogP) is 4.25. The van der Waals surface area contributed by atoms with Gasteiger partial charge in [0.25, 0.3) is 5.91 Å². The van der Waals surface area contributed by atoms with Crippen molar-refractivity contribution in [2.75, 3.05) is 63.1 Å². The number of ether oxygens (including phenoxy) is 2. The van der Waals surface area contributed by atoms with Crippen molar-refractivity contribution in [3.63, 3.8) is 0 Å². The molecule has 4 saturated heterocycles. The van der Waals surface area contributed by atoms with Gasteiger partial charge >= 0.3 is 5.97 Å². The molecule has 2 atom stereocenters. The predicted molar refractivity (Wildman–Crippen MR) is 255 cm³/mol. The Morgan fingerprint density at radius 2 is 1.63 bits per heavy atom. The second-order valence-corrected chi connectivity index (χ2v) is 19.6. The number of rotatable bonds is 15. The molecule has 1 aromatic heterocycles. The van der Waals surface area contributed by atoms with Gasteiger partial charge in [0.05, 0.1) is 30.4 Å². The number of esters is 1. The van der Waals surface area contributed by atoms with Crippen molar-refractivity contribution >= 4 is 40.9 Å². The number of aromatic hydroxyl groups is 1. The van der Waals surface area contributed by atoms with Crippen LogP contribution in [-0.2, 0) is 31.1 Å². The minimum Gasteiger partial charge on any atom is -1.00 e. The summed E-state index contributed by atoms with van der Waals surface area (Å²) >= 11 is 5.96. The lowest BCUT2D eigenvalue weighted by molar-refractivity contribution is -0.939. The normalized spacial score (nSPS) is 22.3. The number of halogens is 2. The van der Waals surface area contributed by atoms with Crippen LogP contribution in [0.1, 0.15) is 89.2 Å². The van der Waals surface area contributed by atoms with Gasteiger partial charge in [-0.25, -0.2) is 4.98 Å². The van der Waals surface area contributed by atoms with Crippen LogP contribution in [-0.4, -0.2) is 118 Å². The number of quaternary nitrogens is 1. The number of carbonyl (C=O) groups is 3. The maximum absolute atomic E-state index is 13.9. The van der Waals surface area contributed by atoms with Crippen LogP contribution < -0.4 is 37.7 Å². The third-order valence-corrected chi connectivity index (χ3v) is 14.0. The number of likely N-dealkylation sites (tertiary alicyclic amines) is 1. The molecule has 5 N–H and O–H groups in total. The van der Waals surface area contributed by atoms with Crippen molar-refractivity contribution in [1.29, 1.82) is 0 Å². The number of phenols is 1. The zero-order valence-corrected chi connectivity index (χ0v) is 41.1. The van der Waals surface area contributed by atoms with Crippen LogP contribution in [0.15, 0.2) is 91.4 Å². The van der Waals surface area contributed by atoms with Gasteiger partial charge in [-0.3, -0.25) is 24.3 Å². The molecule has 5 heterocycles. The zero-order chi connectivity index (χ0) is 46.6. The summed E-state index contributed by atoms with van der Waals surface area (Å²) in [4.78, 5) is 48.6. The number of anilines is 2. The molecule has 362 valence electrons. The molecule has 1 aliphatic carbocycles. The van der Waals surface area contributed by atoms with Crippen LogP contribution in [0.25, 0.3) is 0 Å². The summed E-state index contributed by atoms with van der Waals surface area (Å²) in [5.74, 6) is 0.853. The van der Waals surface area contributed by atoms with Crippen LogP contribution in [0, 0.1) is 5.92 Å². The average molecular weight is 1010 g/mol. The van der Waals surface area contributed by atoms with Crippen molar-refractivity contribution < 1.29 is 55.5 Å². The molecule has 0 unspecified atom stereocenters. The molecule has 2 amide bonds. The molecule has 5 aliphatic rings. The number of benzene rings is 3. The second-order valence-electron chi connectivity index (χ2n) is 19.1. The fraction of sp³-hybridized carbons (Fsp3) is 0.510. The number of phenolic OH excluding ortho intramolecular Hbond substituents is 1. The van der Waals surface area contributed by atoms with Gasteiger partial charge in [-0.1, -0.05) is 79.7 Å². The van der Waals surface area contributed by atoms with Crippen molar-refractivity contribution in [3.8, 4) is 11.5 Å². The third kappa shape index (κ3) is 14.7. The standard InChI is InChI=1S/C27H34N4O3.C24H32ClN3O4.BrH/c32-25(30-24-18-28-14-15-29-24)20-31-16-10-21(11-17-31)23(19-31)34-26(33)27(12-6-1-2-7-13-27)22-8-4-3-5-9-22;1-17(29)27-22-8-7-21(30)13-23(22)32-16-24(2,31)15-26-20-9-11-28(12-10-20)14-18-3-5-19(25)6-4-18;/h3-5,8-9,14-15,18,21,23H,1-2,6-7,10-13,16-17,19-20H2;3-8,13,20,26,30-31H,9-12,14-16H2,1-2H3,(H,27,29);1H/t21?,23-,31?;24-;/m00./s1. The summed E-state index contributed by atoms with van der Waals surface area (Å²) in [7, 11) is 0. The van der Waals surface area contributed by atoms with Gasteiger partial charge in [-0.05, 0) is 81.1 Å². The first kappa shape index (κ1) is 51.7. The molecule has 1 saturated carbocycles. The molecule has 14 nitrogen and oxygen atoms in total. The Kier molecular flexibility index (Phi) is 18.6. The number of nitrogens with zero attached hydrogens (tertiary/aromatic N) is 4. The van der Waals surface area contributed by atoms with E-state index in [0.29, 0.717) is 46.8 Å². The summed E-state index contributed by atoms with van der Waals surface area (Å²) < 4.78 is 12.8. The van der Waals surface area contributed by atoms with Gasteiger partial charge < -0.3 is 57.1 Å². The number of fused-ring (bicyclic) bond motifs is 3. The van der Waals surface area contributed by atoms with E-state index >= 15 is 0 Å². The van der Waals surface area contributed by atoms with E-state index in [1.807, 2.05) is 30.3 Å². The van der Waals surface area contributed by atoms with Crippen LogP contribution in [0.3, 0.4) is 0 Å². The van der Waals surface area contributed by atoms with Crippen molar-refractivity contribution in [2.45, 2.75) is 108 Å². The Morgan fingerprint density at radius 3 is 2.28 bits per heavy atom. The highest BCUT2D eigenvalue weighted by Crippen LogP contribution is 2.42. The van der Waals surface area contributed by atoms with Crippen molar-refractivity contribution in [1.82, 2.24) is 20.2 Å². The Bertz CT molecular complexity index is 2200. The van der Waals surface area contributed by atoms with Gasteiger partial charge in [0, 0.05) is 68.3 Å². The topological polar surface area (TPSA) is 175 Å². The fourth-order valence-electron chi connectivity index (χ4n) is 10.1. The summed E-state index contributed by atoms with van der Waals surface area (Å²) in [5.41, 5.74) is 1.14. The Hall–Kier alpha value is -4.64. The number of carbonyl (C=O) groups excluding carboxylic acids is 3. The van der Waals surface area contributed by atoms with E-state index < -0.39 is 11.0 Å². The first-order chi connectivity index (χ1) is 31.8. The van der Waals surface area contributed by atoms with Gasteiger partial charge in [-0.15, -0.1) is 0 Å². The first-order valence-corrected chi connectivity index (χ1v) is 24.0. The molecule has 9 rings (SSSR count). The molecule has 4 aliphatic heterocycles. The van der Waals surface area contributed by atoms with Gasteiger partial charge in [0.15, 0.2) is 18.5 Å². The van der Waals surface area contributed by atoms with Crippen LogP contribution >= 0.6 is 11.6 Å². The number of aromatic nitrogens is 2. The lowest BCUT2D eigenvalue weighted by Gasteiger charge is -2.52. The molecule has 67 heavy (non-hydrogen) atoms. The lowest BCUT2D eigenvalue weighted by Crippen LogP contribution is -3.00. The van der Waals surface area contributed by atoms with E-state index in [0.717, 1.165) is 101 Å². The minimum atomic E-state index is -1.11. The lowest BCUT2D eigenvalue weighted by atomic mass is 9.74. The number of nitrogens with one attached hydrogen (secondary N) is 3. The molecular formula is C51H67BrClN7O7. The fourth-order valence-corrected chi connectivity index (χ4v) is 10.2. The Labute approximate surface area is 410 Å². The summed E-state index contributed by atoms with van der Waals surface area (Å²) in [5, 5.41) is 30.2. The number of hydrogen-bond acceptors (Lipinski definition) is 11. The largest absolute Gasteiger partial charge is 1.00 e. The number of amides is 2. The third-order valence-electron chi connectivity index (χ3n) is 13.8. The highest BCUT2D eigenvalue weighted by atomic mass is 79.9. The van der Waals surface area contributed by atoms with E-state index in [9.17, 15) is 24.6 Å². The number of hydrogen-bond donors (Lipinski definition) is 5. The highest BCUT2D eigenvalue weighted by Gasteiger charge is 2.51. The molecular weight excluding hydrogens is 938 g/mol. The monoisotopic (exact) mass is 1000 g/mol. The molecule has 0 radical (unpaired) electrons. The van der Waals surface area contributed by atoms with Crippen LogP contribution in [0.5, 0.6) is 11.5 Å². The molecule has 3 aromatic carbocycles. The van der Waals surface area contributed by atoms with Crippen molar-refractivity contribution in [3.05, 3.63) is 108 Å². The van der Waals surface area contributed by atoms with Crippen LogP contribution in [0.4, 0.5) is 11.5 Å². The second kappa shape index (κ2) is 24.1. The van der Waals surface area contributed by atoms with Gasteiger partial charge in [0.1, 0.15) is 30.3 Å². The molecule has 5 fully saturated rings. The molecule has 2 bridgehead atoms. The van der Waals surface area contributed by atoms with Gasteiger partial charge in [0.2, 0.25) is 5.91 Å². The zero-order valence-electron chi connectivity index (χ0n) is 38.8. The maximum atomic E-state index is 13.9. The van der Waals surface area contributed by atoms with E-state index in [1.54, 1.807) is 31.6 Å². The summed E-state index contributed by atoms with van der Waals surface area (Å²) in [6.07, 6.45) is 14.8. The van der Waals surface area contributed by atoms with E-state index in [2.05, 4.69) is 55.1 Å². The first-order valence-electron chi connectivity index (χ1n) is 23.6. The summed E-state index contributed by atoms with van der Waals surface area (Å²) in [6, 6.07) is 23.0. The Morgan fingerprint density at radius 1 is 0.925 bits per heavy atom. The number of piperidine rings is 4. The summed E-state index contributed by atoms with van der Waals surface area (Å²) in [6.45, 7) is 9.40. The quantitative estimate of drug-likeness (QED) is 0.0499. The SMILES string of the molecule is CC(=O)Nc1ccc(O)cc1OC[C@@](C)(O)CNC1CCN(Cc2ccc(Cl)cc2)CC1.O=C(C[N+]12CCC(CC1)[C@@H](OC(=O)C1(c3ccccc3)CCCCCC1)C2)Nc1cnccn1.[Br-]. The van der Waals surface area contributed by atoms with E-state index in [1.165, 1.54) is 37.5 Å². The Balaban J connectivity index is 0.000000218. The van der Waals surface area contributed by atoms with Crippen LogP contribution in [0.2, 0.25) is 5.02 Å². The molecule has 4 aromatic rings. The number of aliphatic hydroxyl groups is 1. The minimum absolute atomic E-state index is 0. The van der Waals surface area contributed by atoms with Crippen molar-refractivity contribution in [2.24, 2.45) is 5.92 Å². The maximum Gasteiger partial charge on any atom is 0.317 e. The van der Waals surface area contributed by atoms with E-state index in [-0.39, 0.29) is 53.2 Å². The highest BCUT2D eigenvalue weighted by molar-refractivity contribution is 6.30. The van der Waals surface area contributed by atoms with Gasteiger partial charge in [-0.2, -0.15) is 0 Å². The smallest absolute Gasteiger partial charge is 0.317 e. The van der Waals surface area contributed by atoms with E-state index in [4.69, 9.17) is 21.1 Å². The average Bonchev–Trinajstić information content (AvgIpc) is 3.58.